The monoisotopic (exact) mass is 303 g/mol. The van der Waals surface area contributed by atoms with Crippen LogP contribution in [-0.2, 0) is 9.53 Å². The summed E-state index contributed by atoms with van der Waals surface area (Å²) in [4.78, 5) is 14.5. The first kappa shape index (κ1) is 16.4. The second kappa shape index (κ2) is 5.34. The van der Waals surface area contributed by atoms with Gasteiger partial charge in [0.15, 0.2) is 0 Å². The van der Waals surface area contributed by atoms with Crippen LogP contribution >= 0.6 is 0 Å². The Hall–Kier alpha value is -1.97. The van der Waals surface area contributed by atoms with E-state index in [1.807, 2.05) is 32.0 Å². The molecule has 0 spiro atoms. The van der Waals surface area contributed by atoms with E-state index in [4.69, 9.17) is 9.47 Å². The van der Waals surface area contributed by atoms with Gasteiger partial charge in [-0.05, 0) is 52.3 Å². The number of hydrogen-bond donors (Lipinski definition) is 0. The van der Waals surface area contributed by atoms with Crippen LogP contribution in [0, 0.1) is 0 Å². The molecule has 0 radical (unpaired) electrons. The number of carbonyl (C=O) groups excluding carboxylic acids is 1. The third-order valence-electron chi connectivity index (χ3n) is 4.26. The maximum atomic E-state index is 12.4. The fourth-order valence-corrected chi connectivity index (χ4v) is 3.50. The van der Waals surface area contributed by atoms with E-state index in [9.17, 15) is 4.79 Å². The molecule has 4 heteroatoms. The lowest BCUT2D eigenvalue weighted by atomic mass is 9.84. The highest BCUT2D eigenvalue weighted by molar-refractivity contribution is 5.90. The molecule has 0 atom stereocenters. The van der Waals surface area contributed by atoms with Gasteiger partial charge in [-0.15, -0.1) is 0 Å². The fourth-order valence-electron chi connectivity index (χ4n) is 3.50. The number of methoxy groups -OCH3 is 2. The zero-order valence-corrected chi connectivity index (χ0v) is 14.5. The summed E-state index contributed by atoms with van der Waals surface area (Å²) >= 11 is 0. The molecule has 120 valence electrons. The summed E-state index contributed by atoms with van der Waals surface area (Å²) in [5.41, 5.74) is 2.17. The number of benzene rings is 1. The van der Waals surface area contributed by atoms with Gasteiger partial charge in [-0.2, -0.15) is 0 Å². The summed E-state index contributed by atoms with van der Waals surface area (Å²) in [7, 11) is 3.07. The third kappa shape index (κ3) is 2.47. The van der Waals surface area contributed by atoms with Crippen molar-refractivity contribution in [1.82, 2.24) is 0 Å². The van der Waals surface area contributed by atoms with Crippen LogP contribution in [0.5, 0.6) is 5.75 Å². The summed E-state index contributed by atoms with van der Waals surface area (Å²) in [5.74, 6) is 0.511. The van der Waals surface area contributed by atoms with Crippen LogP contribution in [0.2, 0.25) is 0 Å². The largest absolute Gasteiger partial charge is 0.497 e. The normalized spacial score (nSPS) is 16.7. The minimum atomic E-state index is -0.795. The standard InChI is InChI=1S/C18H25NO3/c1-12-11-17(2,3)19(18(4,5)16(20)22-7)15-10-13(21-6)8-9-14(12)15/h8-11H,1-7H3. The summed E-state index contributed by atoms with van der Waals surface area (Å²) in [5, 5.41) is 0. The summed E-state index contributed by atoms with van der Waals surface area (Å²) in [6.07, 6.45) is 2.19. The van der Waals surface area contributed by atoms with E-state index in [0.29, 0.717) is 0 Å². The molecule has 1 aromatic carbocycles. The quantitative estimate of drug-likeness (QED) is 0.799. The molecule has 0 amide bonds. The predicted octanol–water partition coefficient (Wildman–Crippen LogP) is 3.65. The zero-order valence-electron chi connectivity index (χ0n) is 14.5. The van der Waals surface area contributed by atoms with Crippen molar-refractivity contribution in [3.63, 3.8) is 0 Å². The van der Waals surface area contributed by atoms with Gasteiger partial charge in [0.1, 0.15) is 11.3 Å². The van der Waals surface area contributed by atoms with Crippen molar-refractivity contribution in [2.45, 2.75) is 45.7 Å². The molecule has 0 unspecified atom stereocenters. The Bertz CT molecular complexity index is 629. The van der Waals surface area contributed by atoms with Crippen molar-refractivity contribution >= 4 is 17.2 Å². The maximum Gasteiger partial charge on any atom is 0.331 e. The Morgan fingerprint density at radius 1 is 1.23 bits per heavy atom. The van der Waals surface area contributed by atoms with Gasteiger partial charge >= 0.3 is 5.97 Å². The van der Waals surface area contributed by atoms with Gasteiger partial charge in [-0.1, -0.05) is 6.08 Å². The Morgan fingerprint density at radius 3 is 2.41 bits per heavy atom. The maximum absolute atomic E-state index is 12.4. The van der Waals surface area contributed by atoms with E-state index < -0.39 is 5.54 Å². The molecule has 0 bridgehead atoms. The van der Waals surface area contributed by atoms with E-state index in [1.54, 1.807) is 7.11 Å². The van der Waals surface area contributed by atoms with Crippen LogP contribution in [0.4, 0.5) is 5.69 Å². The van der Waals surface area contributed by atoms with E-state index in [2.05, 4.69) is 31.7 Å². The Kier molecular flexibility index (Phi) is 3.98. The third-order valence-corrected chi connectivity index (χ3v) is 4.26. The van der Waals surface area contributed by atoms with E-state index in [1.165, 1.54) is 12.7 Å². The summed E-state index contributed by atoms with van der Waals surface area (Å²) in [6.45, 7) is 10.1. The Labute approximate surface area is 132 Å². The smallest absolute Gasteiger partial charge is 0.331 e. The summed E-state index contributed by atoms with van der Waals surface area (Å²) in [6, 6.07) is 5.96. The second-order valence-corrected chi connectivity index (χ2v) is 6.75. The molecule has 0 N–H and O–H groups in total. The first-order chi connectivity index (χ1) is 10.1. The molecule has 1 aromatic rings. The number of allylic oxidation sites excluding steroid dienone is 1. The second-order valence-electron chi connectivity index (χ2n) is 6.75. The highest BCUT2D eigenvalue weighted by Gasteiger charge is 2.45. The van der Waals surface area contributed by atoms with Crippen LogP contribution in [-0.4, -0.2) is 31.3 Å². The summed E-state index contributed by atoms with van der Waals surface area (Å²) < 4.78 is 10.4. The van der Waals surface area contributed by atoms with Gasteiger partial charge in [0, 0.05) is 17.3 Å². The molecule has 1 aliphatic rings. The van der Waals surface area contributed by atoms with E-state index in [-0.39, 0.29) is 11.5 Å². The molecule has 1 heterocycles. The highest BCUT2D eigenvalue weighted by Crippen LogP contribution is 2.44. The van der Waals surface area contributed by atoms with Crippen LogP contribution in [0.15, 0.2) is 24.3 Å². The van der Waals surface area contributed by atoms with Crippen LogP contribution in [0.1, 0.15) is 40.2 Å². The number of hydrogen-bond acceptors (Lipinski definition) is 4. The van der Waals surface area contributed by atoms with Gasteiger partial charge in [0.05, 0.1) is 19.8 Å². The number of carbonyl (C=O) groups is 1. The van der Waals surface area contributed by atoms with Gasteiger partial charge in [-0.25, -0.2) is 4.79 Å². The first-order valence-electron chi connectivity index (χ1n) is 7.42. The molecule has 0 saturated heterocycles. The number of rotatable bonds is 3. The molecular weight excluding hydrogens is 278 g/mol. The number of ether oxygens (including phenoxy) is 2. The lowest BCUT2D eigenvalue weighted by molar-refractivity contribution is -0.146. The molecule has 1 aliphatic heterocycles. The van der Waals surface area contributed by atoms with Gasteiger partial charge < -0.3 is 14.4 Å². The van der Waals surface area contributed by atoms with Crippen molar-refractivity contribution < 1.29 is 14.3 Å². The molecule has 0 aliphatic carbocycles. The van der Waals surface area contributed by atoms with Crippen molar-refractivity contribution in [2.75, 3.05) is 19.1 Å². The topological polar surface area (TPSA) is 38.8 Å². The average Bonchev–Trinajstić information content (AvgIpc) is 2.44. The molecule has 2 rings (SSSR count). The van der Waals surface area contributed by atoms with Crippen molar-refractivity contribution in [1.29, 1.82) is 0 Å². The lowest BCUT2D eigenvalue weighted by Gasteiger charge is -2.50. The molecular formula is C18H25NO3. The van der Waals surface area contributed by atoms with Crippen LogP contribution < -0.4 is 9.64 Å². The van der Waals surface area contributed by atoms with Gasteiger partial charge in [0.25, 0.3) is 0 Å². The van der Waals surface area contributed by atoms with Crippen molar-refractivity contribution in [3.05, 3.63) is 29.8 Å². The number of esters is 1. The molecule has 0 aromatic heterocycles. The lowest BCUT2D eigenvalue weighted by Crippen LogP contribution is -2.60. The minimum absolute atomic E-state index is 0.262. The Balaban J connectivity index is 2.70. The minimum Gasteiger partial charge on any atom is -0.497 e. The molecule has 0 fully saturated rings. The van der Waals surface area contributed by atoms with Crippen LogP contribution in [0.3, 0.4) is 0 Å². The number of nitrogens with zero attached hydrogens (tertiary/aromatic N) is 1. The highest BCUT2D eigenvalue weighted by atomic mass is 16.5. The van der Waals surface area contributed by atoms with Gasteiger partial charge in [0.2, 0.25) is 0 Å². The SMILES string of the molecule is COC(=O)C(C)(C)N1c2cc(OC)ccc2C(C)=CC1(C)C. The zero-order chi connectivity index (χ0) is 16.7. The number of anilines is 1. The molecule has 4 nitrogen and oxygen atoms in total. The Morgan fingerprint density at radius 2 is 1.86 bits per heavy atom. The number of fused-ring (bicyclic) bond motifs is 1. The fraction of sp³-hybridized carbons (Fsp3) is 0.500. The van der Waals surface area contributed by atoms with Crippen molar-refractivity contribution in [2.24, 2.45) is 0 Å². The van der Waals surface area contributed by atoms with Gasteiger partial charge in [-0.3, -0.25) is 0 Å². The van der Waals surface area contributed by atoms with Crippen LogP contribution in [0.25, 0.3) is 5.57 Å². The first-order valence-corrected chi connectivity index (χ1v) is 7.42. The molecule has 22 heavy (non-hydrogen) atoms. The predicted molar refractivity (Wildman–Crippen MR) is 89.3 cm³/mol. The van der Waals surface area contributed by atoms with E-state index in [0.717, 1.165) is 17.0 Å². The molecule has 0 saturated carbocycles. The average molecular weight is 303 g/mol. The van der Waals surface area contributed by atoms with Crippen molar-refractivity contribution in [3.8, 4) is 5.75 Å². The van der Waals surface area contributed by atoms with E-state index >= 15 is 0 Å².